The third-order valence-electron chi connectivity index (χ3n) is 4.30. The Morgan fingerprint density at radius 1 is 1.28 bits per heavy atom. The molecular weight excluding hydrogens is 392 g/mol. The highest BCUT2D eigenvalue weighted by Crippen LogP contribution is 2.34. The minimum Gasteiger partial charge on any atom is -0.364 e. The molecule has 4 aromatic rings. The van der Waals surface area contributed by atoms with Gasteiger partial charge in [-0.3, -0.25) is 10.1 Å². The summed E-state index contributed by atoms with van der Waals surface area (Å²) in [6.45, 7) is 3.25. The van der Waals surface area contributed by atoms with Crippen LogP contribution in [-0.2, 0) is 6.54 Å². The van der Waals surface area contributed by atoms with Crippen LogP contribution in [0.25, 0.3) is 10.2 Å². The number of para-hydroxylation sites is 1. The van der Waals surface area contributed by atoms with Crippen LogP contribution >= 0.6 is 11.3 Å². The quantitative estimate of drug-likeness (QED) is 0.256. The fourth-order valence-electron chi connectivity index (χ4n) is 2.90. The van der Waals surface area contributed by atoms with Gasteiger partial charge in [-0.1, -0.05) is 23.5 Å². The lowest BCUT2D eigenvalue weighted by Gasteiger charge is -2.09. The van der Waals surface area contributed by atoms with Crippen molar-refractivity contribution in [1.82, 2.24) is 24.5 Å². The summed E-state index contributed by atoms with van der Waals surface area (Å²) >= 11 is 1.42. The maximum absolute atomic E-state index is 11.7. The van der Waals surface area contributed by atoms with Crippen LogP contribution in [0.2, 0.25) is 0 Å². The number of fused-ring (bicyclic) bond motifs is 1. The first kappa shape index (κ1) is 18.7. The minimum absolute atomic E-state index is 0.110. The number of nitrogens with zero attached hydrogens (tertiary/aromatic N) is 6. The number of hydrogen-bond donors (Lipinski definition) is 2. The van der Waals surface area contributed by atoms with Gasteiger partial charge in [-0.2, -0.15) is 0 Å². The zero-order chi connectivity index (χ0) is 20.2. The molecule has 4 rings (SSSR count). The molecule has 148 valence electrons. The van der Waals surface area contributed by atoms with Crippen LogP contribution in [0.4, 0.5) is 22.5 Å². The Kier molecular flexibility index (Phi) is 5.29. The Morgan fingerprint density at radius 2 is 2.14 bits per heavy atom. The van der Waals surface area contributed by atoms with E-state index in [0.29, 0.717) is 11.7 Å². The lowest BCUT2D eigenvalue weighted by Crippen LogP contribution is -2.10. The molecule has 0 unspecified atom stereocenters. The van der Waals surface area contributed by atoms with E-state index in [1.54, 1.807) is 12.5 Å². The van der Waals surface area contributed by atoms with Crippen LogP contribution in [0.5, 0.6) is 0 Å². The number of thiazole rings is 1. The molecule has 3 heterocycles. The Morgan fingerprint density at radius 3 is 2.90 bits per heavy atom. The summed E-state index contributed by atoms with van der Waals surface area (Å²) in [5, 5.41) is 18.3. The van der Waals surface area contributed by atoms with Crippen molar-refractivity contribution >= 4 is 44.0 Å². The number of rotatable bonds is 8. The first-order valence-electron chi connectivity index (χ1n) is 8.94. The molecule has 10 nitrogen and oxygen atoms in total. The molecule has 0 radical (unpaired) electrons. The summed E-state index contributed by atoms with van der Waals surface area (Å²) in [5.74, 6) is 0.286. The summed E-state index contributed by atoms with van der Waals surface area (Å²) < 4.78 is 2.94. The zero-order valence-electron chi connectivity index (χ0n) is 15.6. The number of aryl methyl sites for hydroxylation is 2. The first-order chi connectivity index (χ1) is 14.1. The molecule has 2 N–H and O–H groups in total. The van der Waals surface area contributed by atoms with Crippen molar-refractivity contribution in [3.63, 3.8) is 0 Å². The molecule has 0 aliphatic heterocycles. The van der Waals surface area contributed by atoms with Gasteiger partial charge in [-0.15, -0.1) is 0 Å². The summed E-state index contributed by atoms with van der Waals surface area (Å²) in [6.07, 6.45) is 7.37. The van der Waals surface area contributed by atoms with Crippen molar-refractivity contribution in [3.8, 4) is 0 Å². The average molecular weight is 410 g/mol. The second kappa shape index (κ2) is 8.19. The van der Waals surface area contributed by atoms with Crippen molar-refractivity contribution in [3.05, 3.63) is 58.9 Å². The van der Waals surface area contributed by atoms with Gasteiger partial charge in [0.25, 0.3) is 0 Å². The van der Waals surface area contributed by atoms with Gasteiger partial charge in [0.15, 0.2) is 5.13 Å². The lowest BCUT2D eigenvalue weighted by atomic mass is 10.2. The summed E-state index contributed by atoms with van der Waals surface area (Å²) in [5.41, 5.74) is 1.71. The summed E-state index contributed by atoms with van der Waals surface area (Å²) in [4.78, 5) is 27.9. The van der Waals surface area contributed by atoms with E-state index in [2.05, 4.69) is 30.6 Å². The van der Waals surface area contributed by atoms with Gasteiger partial charge in [-0.25, -0.2) is 19.9 Å². The first-order valence-corrected chi connectivity index (χ1v) is 9.75. The maximum atomic E-state index is 11.7. The molecule has 0 spiro atoms. The van der Waals surface area contributed by atoms with E-state index in [-0.39, 0.29) is 17.3 Å². The predicted molar refractivity (Wildman–Crippen MR) is 112 cm³/mol. The standard InChI is InChI=1S/C18H18N8O2S/c1-12-4-2-5-13-14(12)23-18(29-13)24-17-15(26(27)28)16(21-10-22-17)20-6-3-8-25-9-7-19-11-25/h2,4-5,7,9-11H,3,6,8H2,1H3,(H2,20,21,22,23,24). The van der Waals surface area contributed by atoms with Gasteiger partial charge in [0.1, 0.15) is 6.33 Å². The Balaban J connectivity index is 1.52. The van der Waals surface area contributed by atoms with E-state index in [9.17, 15) is 10.1 Å². The van der Waals surface area contributed by atoms with Crippen molar-refractivity contribution in [2.24, 2.45) is 0 Å². The van der Waals surface area contributed by atoms with Crippen LogP contribution in [0.1, 0.15) is 12.0 Å². The smallest absolute Gasteiger partial charge is 0.353 e. The maximum Gasteiger partial charge on any atom is 0.353 e. The average Bonchev–Trinajstić information content (AvgIpc) is 3.35. The van der Waals surface area contributed by atoms with Crippen molar-refractivity contribution in [1.29, 1.82) is 0 Å². The fraction of sp³-hybridized carbons (Fsp3) is 0.222. The third-order valence-corrected chi connectivity index (χ3v) is 5.23. The molecule has 0 amide bonds. The number of nitrogens with one attached hydrogen (secondary N) is 2. The van der Waals surface area contributed by atoms with Crippen molar-refractivity contribution < 1.29 is 4.92 Å². The SMILES string of the molecule is Cc1cccc2sc(Nc3ncnc(NCCCn4ccnc4)c3[N+](=O)[O-])nc12. The van der Waals surface area contributed by atoms with Crippen LogP contribution in [0.15, 0.2) is 43.2 Å². The highest BCUT2D eigenvalue weighted by molar-refractivity contribution is 7.22. The molecule has 0 saturated heterocycles. The summed E-state index contributed by atoms with van der Waals surface area (Å²) in [7, 11) is 0. The van der Waals surface area contributed by atoms with Gasteiger partial charge >= 0.3 is 5.69 Å². The van der Waals surface area contributed by atoms with E-state index >= 15 is 0 Å². The molecular formula is C18H18N8O2S. The number of hydrogen-bond acceptors (Lipinski definition) is 9. The van der Waals surface area contributed by atoms with Gasteiger partial charge in [0.2, 0.25) is 11.6 Å². The van der Waals surface area contributed by atoms with E-state index in [1.807, 2.05) is 35.9 Å². The molecule has 3 aromatic heterocycles. The van der Waals surface area contributed by atoms with Crippen LogP contribution < -0.4 is 10.6 Å². The lowest BCUT2D eigenvalue weighted by molar-refractivity contribution is -0.383. The Bertz CT molecular complexity index is 1140. The Hall–Kier alpha value is -3.60. The van der Waals surface area contributed by atoms with Crippen molar-refractivity contribution in [2.45, 2.75) is 19.9 Å². The molecule has 0 atom stereocenters. The highest BCUT2D eigenvalue weighted by Gasteiger charge is 2.23. The number of imidazole rings is 1. The topological polar surface area (TPSA) is 124 Å². The van der Waals surface area contributed by atoms with Crippen LogP contribution in [0.3, 0.4) is 0 Å². The normalized spacial score (nSPS) is 10.9. The third kappa shape index (κ3) is 4.14. The number of aromatic nitrogens is 5. The van der Waals surface area contributed by atoms with Crippen molar-refractivity contribution in [2.75, 3.05) is 17.2 Å². The Labute approximate surface area is 169 Å². The molecule has 11 heteroatoms. The second-order valence-corrected chi connectivity index (χ2v) is 7.35. The molecule has 1 aromatic carbocycles. The molecule has 0 saturated carbocycles. The largest absolute Gasteiger partial charge is 0.364 e. The van der Waals surface area contributed by atoms with Gasteiger partial charge in [0.05, 0.1) is 21.5 Å². The van der Waals surface area contributed by atoms with Crippen LogP contribution in [0, 0.1) is 17.0 Å². The van der Waals surface area contributed by atoms with E-state index < -0.39 is 4.92 Å². The van der Waals surface area contributed by atoms with E-state index in [4.69, 9.17) is 0 Å². The molecule has 0 bridgehead atoms. The summed E-state index contributed by atoms with van der Waals surface area (Å²) in [6, 6.07) is 5.90. The monoisotopic (exact) mass is 410 g/mol. The van der Waals surface area contributed by atoms with E-state index in [1.165, 1.54) is 17.7 Å². The fourth-order valence-corrected chi connectivity index (χ4v) is 3.84. The zero-order valence-corrected chi connectivity index (χ0v) is 16.4. The number of anilines is 3. The van der Waals surface area contributed by atoms with Crippen LogP contribution in [-0.4, -0.2) is 36.0 Å². The highest BCUT2D eigenvalue weighted by atomic mass is 32.1. The molecule has 29 heavy (non-hydrogen) atoms. The number of nitro groups is 1. The predicted octanol–water partition coefficient (Wildman–Crippen LogP) is 3.75. The minimum atomic E-state index is -0.487. The molecule has 0 fully saturated rings. The van der Waals surface area contributed by atoms with Gasteiger partial charge < -0.3 is 15.2 Å². The molecule has 0 aliphatic carbocycles. The van der Waals surface area contributed by atoms with Gasteiger partial charge in [-0.05, 0) is 25.0 Å². The van der Waals surface area contributed by atoms with E-state index in [0.717, 1.165) is 28.7 Å². The molecule has 0 aliphatic rings. The van der Waals surface area contributed by atoms with Gasteiger partial charge in [0, 0.05) is 25.5 Å². The number of benzene rings is 1. The second-order valence-electron chi connectivity index (χ2n) is 6.32.